The van der Waals surface area contributed by atoms with Crippen LogP contribution in [0.2, 0.25) is 0 Å². The number of benzene rings is 1. The fraction of sp³-hybridized carbons (Fsp3) is 0.438. The molecule has 7 nitrogen and oxygen atoms in total. The molecule has 2 aromatic rings. The van der Waals surface area contributed by atoms with Crippen molar-refractivity contribution in [3.05, 3.63) is 41.2 Å². The Morgan fingerprint density at radius 2 is 2.11 bits per heavy atom. The molecule has 0 saturated carbocycles. The molecule has 1 aromatic carbocycles. The fourth-order valence-corrected chi connectivity index (χ4v) is 2.91. The molecule has 146 valence electrons. The average Bonchev–Trinajstić information content (AvgIpc) is 2.93. The second kappa shape index (κ2) is 7.14. The molecule has 1 aliphatic rings. The highest BCUT2D eigenvalue weighted by molar-refractivity contribution is 5.73. The number of fused-ring (bicyclic) bond motifs is 1. The van der Waals surface area contributed by atoms with Crippen molar-refractivity contribution in [2.24, 2.45) is 0 Å². The maximum atomic E-state index is 14.0. The number of carbonyl (C=O) groups is 1. The molecule has 0 bridgehead atoms. The van der Waals surface area contributed by atoms with E-state index in [1.165, 1.54) is 6.07 Å². The first-order chi connectivity index (χ1) is 12.6. The highest BCUT2D eigenvalue weighted by Gasteiger charge is 2.33. The third kappa shape index (κ3) is 4.35. The number of aliphatic carboxylic acids is 1. The van der Waals surface area contributed by atoms with Crippen LogP contribution in [0.15, 0.2) is 18.2 Å². The molecule has 0 radical (unpaired) electrons. The number of ether oxygens (including phenoxy) is 1. The summed E-state index contributed by atoms with van der Waals surface area (Å²) in [5.74, 6) is -1.30. The number of nitrogens with zero attached hydrogens (tertiary/aromatic N) is 4. The first kappa shape index (κ1) is 19.1. The van der Waals surface area contributed by atoms with Crippen LogP contribution in [0.25, 0.3) is 0 Å². The lowest BCUT2D eigenvalue weighted by Gasteiger charge is -2.33. The Morgan fingerprint density at radius 3 is 2.74 bits per heavy atom. The first-order valence-corrected chi connectivity index (χ1v) is 7.97. The van der Waals surface area contributed by atoms with Gasteiger partial charge in [-0.25, -0.2) is 4.39 Å². The minimum absolute atomic E-state index is 0.0827. The number of alkyl halides is 3. The molecule has 1 N–H and O–H groups in total. The van der Waals surface area contributed by atoms with E-state index in [0.717, 1.165) is 12.1 Å². The summed E-state index contributed by atoms with van der Waals surface area (Å²) in [5, 5.41) is 17.4. The summed E-state index contributed by atoms with van der Waals surface area (Å²) >= 11 is 0. The number of hydrogen-bond donors (Lipinski definition) is 1. The molecule has 11 heteroatoms. The van der Waals surface area contributed by atoms with Crippen LogP contribution in [0.3, 0.4) is 0 Å². The quantitative estimate of drug-likeness (QED) is 0.791. The topological polar surface area (TPSA) is 80.5 Å². The highest BCUT2D eigenvalue weighted by atomic mass is 19.4. The number of halogens is 4. The fourth-order valence-electron chi connectivity index (χ4n) is 2.91. The Kier molecular flexibility index (Phi) is 5.05. The smallest absolute Gasteiger partial charge is 0.422 e. The van der Waals surface area contributed by atoms with Crippen LogP contribution in [0.5, 0.6) is 5.75 Å². The number of hydrogen-bond acceptors (Lipinski definition) is 5. The number of rotatable bonds is 5. The SMILES string of the molecule is Cc1nnc2n1CC(C(=O)O)N(Cc1ccc(OCC(F)(F)F)c(F)c1)C2. The average molecular weight is 388 g/mol. The molecule has 0 saturated heterocycles. The zero-order valence-corrected chi connectivity index (χ0v) is 14.2. The van der Waals surface area contributed by atoms with Crippen LogP contribution in [-0.2, 0) is 24.4 Å². The minimum Gasteiger partial charge on any atom is -0.481 e. The molecular formula is C16H16F4N4O3. The van der Waals surface area contributed by atoms with Crippen LogP contribution < -0.4 is 4.74 Å². The standard InChI is InChI=1S/C16H16F4N4O3/c1-9-21-22-14-7-23(12(15(25)26)6-24(9)14)5-10-2-3-13(11(17)4-10)27-8-16(18,19)20/h2-4,12H,5-8H2,1H3,(H,25,26). The van der Waals surface area contributed by atoms with E-state index in [2.05, 4.69) is 14.9 Å². The van der Waals surface area contributed by atoms with E-state index >= 15 is 0 Å². The number of carboxylic acids is 1. The van der Waals surface area contributed by atoms with E-state index in [1.54, 1.807) is 16.4 Å². The maximum absolute atomic E-state index is 14.0. The Bertz CT molecular complexity index is 853. The van der Waals surface area contributed by atoms with E-state index in [1.807, 2.05) is 0 Å². The molecule has 0 aliphatic carbocycles. The summed E-state index contributed by atoms with van der Waals surface area (Å²) < 4.78 is 56.7. The Balaban J connectivity index is 1.75. The van der Waals surface area contributed by atoms with Gasteiger partial charge in [0.1, 0.15) is 17.7 Å². The van der Waals surface area contributed by atoms with Gasteiger partial charge in [-0.2, -0.15) is 13.2 Å². The highest BCUT2D eigenvalue weighted by Crippen LogP contribution is 2.25. The normalized spacial score (nSPS) is 17.6. The van der Waals surface area contributed by atoms with Gasteiger partial charge in [0.15, 0.2) is 18.2 Å². The van der Waals surface area contributed by atoms with Gasteiger partial charge in [0.05, 0.1) is 13.1 Å². The molecule has 27 heavy (non-hydrogen) atoms. The number of aromatic nitrogens is 3. The zero-order chi connectivity index (χ0) is 19.8. The molecule has 0 fully saturated rings. The van der Waals surface area contributed by atoms with E-state index in [-0.39, 0.29) is 19.6 Å². The second-order valence-electron chi connectivity index (χ2n) is 6.20. The van der Waals surface area contributed by atoms with Crippen molar-refractivity contribution >= 4 is 5.97 Å². The van der Waals surface area contributed by atoms with Crippen molar-refractivity contribution in [1.82, 2.24) is 19.7 Å². The predicted octanol–water partition coefficient (Wildman–Crippen LogP) is 2.14. The van der Waals surface area contributed by atoms with Gasteiger partial charge in [-0.15, -0.1) is 10.2 Å². The second-order valence-corrected chi connectivity index (χ2v) is 6.20. The Hall–Kier alpha value is -2.69. The Morgan fingerprint density at radius 1 is 1.37 bits per heavy atom. The lowest BCUT2D eigenvalue weighted by atomic mass is 10.1. The van der Waals surface area contributed by atoms with Crippen LogP contribution in [0, 0.1) is 12.7 Å². The monoisotopic (exact) mass is 388 g/mol. The van der Waals surface area contributed by atoms with E-state index in [4.69, 9.17) is 0 Å². The maximum Gasteiger partial charge on any atom is 0.422 e. The molecule has 3 rings (SSSR count). The van der Waals surface area contributed by atoms with Gasteiger partial charge >= 0.3 is 12.1 Å². The van der Waals surface area contributed by atoms with Crippen molar-refractivity contribution in [3.63, 3.8) is 0 Å². The molecule has 0 spiro atoms. The summed E-state index contributed by atoms with van der Waals surface area (Å²) in [6.45, 7) is 0.565. The molecule has 2 heterocycles. The van der Waals surface area contributed by atoms with Crippen molar-refractivity contribution in [3.8, 4) is 5.75 Å². The third-order valence-corrected chi connectivity index (χ3v) is 4.21. The van der Waals surface area contributed by atoms with Gasteiger partial charge in [0.2, 0.25) is 0 Å². The van der Waals surface area contributed by atoms with Gasteiger partial charge in [-0.1, -0.05) is 6.07 Å². The Labute approximate surface area is 151 Å². The summed E-state index contributed by atoms with van der Waals surface area (Å²) in [7, 11) is 0. The van der Waals surface area contributed by atoms with E-state index in [9.17, 15) is 27.5 Å². The van der Waals surface area contributed by atoms with E-state index < -0.39 is 36.4 Å². The lowest BCUT2D eigenvalue weighted by Crippen LogP contribution is -2.47. The largest absolute Gasteiger partial charge is 0.481 e. The van der Waals surface area contributed by atoms with Gasteiger partial charge in [0, 0.05) is 6.54 Å². The number of aryl methyl sites for hydroxylation is 1. The van der Waals surface area contributed by atoms with Crippen molar-refractivity contribution < 1.29 is 32.2 Å². The molecule has 1 unspecified atom stereocenters. The van der Waals surface area contributed by atoms with Gasteiger partial charge in [-0.05, 0) is 24.6 Å². The van der Waals surface area contributed by atoms with Crippen molar-refractivity contribution in [1.29, 1.82) is 0 Å². The van der Waals surface area contributed by atoms with Crippen LogP contribution in [0.1, 0.15) is 17.2 Å². The molecule has 1 aromatic heterocycles. The van der Waals surface area contributed by atoms with Crippen LogP contribution >= 0.6 is 0 Å². The third-order valence-electron chi connectivity index (χ3n) is 4.21. The summed E-state index contributed by atoms with van der Waals surface area (Å²) in [6, 6.07) is 2.67. The van der Waals surface area contributed by atoms with Crippen LogP contribution in [-0.4, -0.2) is 49.6 Å². The van der Waals surface area contributed by atoms with Crippen LogP contribution in [0.4, 0.5) is 17.6 Å². The molecule has 0 amide bonds. The van der Waals surface area contributed by atoms with Gasteiger partial charge < -0.3 is 14.4 Å². The summed E-state index contributed by atoms with van der Waals surface area (Å²) in [6.07, 6.45) is -4.57. The minimum atomic E-state index is -4.57. The molecule has 1 atom stereocenters. The van der Waals surface area contributed by atoms with E-state index in [0.29, 0.717) is 17.2 Å². The molecule has 1 aliphatic heterocycles. The first-order valence-electron chi connectivity index (χ1n) is 7.97. The van der Waals surface area contributed by atoms with Crippen molar-refractivity contribution in [2.45, 2.75) is 38.8 Å². The zero-order valence-electron chi connectivity index (χ0n) is 14.2. The lowest BCUT2D eigenvalue weighted by molar-refractivity contribution is -0.153. The summed E-state index contributed by atoms with van der Waals surface area (Å²) in [4.78, 5) is 13.2. The van der Waals surface area contributed by atoms with Gasteiger partial charge in [0.25, 0.3) is 0 Å². The van der Waals surface area contributed by atoms with Crippen molar-refractivity contribution in [2.75, 3.05) is 6.61 Å². The molecular weight excluding hydrogens is 372 g/mol. The summed E-state index contributed by atoms with van der Waals surface area (Å²) in [5.41, 5.74) is 0.405. The number of carboxylic acid groups (broad SMARTS) is 1. The predicted molar refractivity (Wildman–Crippen MR) is 83.4 cm³/mol. The van der Waals surface area contributed by atoms with Gasteiger partial charge in [-0.3, -0.25) is 9.69 Å².